The number of piperazine rings is 1. The van der Waals surface area contributed by atoms with Crippen molar-refractivity contribution in [3.8, 4) is 0 Å². The minimum absolute atomic E-state index is 0.00777. The highest BCUT2D eigenvalue weighted by atomic mass is 32.2. The Morgan fingerprint density at radius 3 is 2.18 bits per heavy atom. The van der Waals surface area contributed by atoms with Gasteiger partial charge in [-0.05, 0) is 60.9 Å². The second kappa shape index (κ2) is 6.90. The van der Waals surface area contributed by atoms with Crippen molar-refractivity contribution in [2.45, 2.75) is 25.2 Å². The van der Waals surface area contributed by atoms with E-state index < -0.39 is 10.0 Å². The van der Waals surface area contributed by atoms with Crippen molar-refractivity contribution >= 4 is 27.3 Å². The molecule has 0 unspecified atom stereocenters. The first-order valence-corrected chi connectivity index (χ1v) is 10.9. The van der Waals surface area contributed by atoms with Crippen LogP contribution in [0.25, 0.3) is 0 Å². The number of amides is 1. The number of hydrogen-bond donors (Lipinski definition) is 0. The lowest BCUT2D eigenvalue weighted by molar-refractivity contribution is -0.117. The first-order chi connectivity index (χ1) is 13.3. The molecule has 0 saturated carbocycles. The number of anilines is 2. The van der Waals surface area contributed by atoms with Crippen LogP contribution in [0, 0.1) is 13.8 Å². The van der Waals surface area contributed by atoms with E-state index in [2.05, 4.69) is 36.9 Å². The van der Waals surface area contributed by atoms with Gasteiger partial charge in [0.05, 0.1) is 11.3 Å². The average Bonchev–Trinajstić information content (AvgIpc) is 2.94. The molecule has 0 spiro atoms. The van der Waals surface area contributed by atoms with Gasteiger partial charge in [0.25, 0.3) is 0 Å². The molecular weight excluding hydrogens is 374 g/mol. The summed E-state index contributed by atoms with van der Waals surface area (Å²) in [7, 11) is -1.85. The highest BCUT2D eigenvalue weighted by Gasteiger charge is 2.31. The number of benzene rings is 2. The Morgan fingerprint density at radius 1 is 0.893 bits per heavy atom. The predicted octanol–water partition coefficient (Wildman–Crippen LogP) is 2.33. The number of sulfonamides is 1. The minimum atomic E-state index is -3.56. The summed E-state index contributed by atoms with van der Waals surface area (Å²) < 4.78 is 27.8. The molecule has 6 nitrogen and oxygen atoms in total. The van der Waals surface area contributed by atoms with E-state index in [1.54, 1.807) is 34.5 Å². The van der Waals surface area contributed by atoms with Crippen LogP contribution >= 0.6 is 0 Å². The quantitative estimate of drug-likeness (QED) is 0.795. The lowest BCUT2D eigenvalue weighted by atomic mass is 10.1. The maximum Gasteiger partial charge on any atom is 0.243 e. The van der Waals surface area contributed by atoms with Gasteiger partial charge in [0, 0.05) is 44.6 Å². The number of aryl methyl sites for hydroxylation is 2. The first-order valence-electron chi connectivity index (χ1n) is 9.48. The highest BCUT2D eigenvalue weighted by Crippen LogP contribution is 2.31. The van der Waals surface area contributed by atoms with Gasteiger partial charge in [-0.3, -0.25) is 4.79 Å². The predicted molar refractivity (Wildman–Crippen MR) is 110 cm³/mol. The third-order valence-electron chi connectivity index (χ3n) is 5.58. The fourth-order valence-corrected chi connectivity index (χ4v) is 5.55. The minimum Gasteiger partial charge on any atom is -0.369 e. The Labute approximate surface area is 166 Å². The van der Waals surface area contributed by atoms with Gasteiger partial charge in [-0.2, -0.15) is 4.31 Å². The molecule has 1 saturated heterocycles. The molecule has 2 aromatic rings. The molecule has 7 heteroatoms. The molecule has 2 aromatic carbocycles. The molecule has 4 rings (SSSR count). The fourth-order valence-electron chi connectivity index (χ4n) is 4.08. The van der Waals surface area contributed by atoms with Crippen molar-refractivity contribution in [1.29, 1.82) is 0 Å². The summed E-state index contributed by atoms with van der Waals surface area (Å²) in [5, 5.41) is 0. The number of rotatable bonds is 3. The topological polar surface area (TPSA) is 60.9 Å². The highest BCUT2D eigenvalue weighted by molar-refractivity contribution is 7.89. The number of nitrogens with zero attached hydrogens (tertiary/aromatic N) is 3. The molecule has 2 aliphatic heterocycles. The molecule has 2 heterocycles. The van der Waals surface area contributed by atoms with Crippen molar-refractivity contribution < 1.29 is 13.2 Å². The summed E-state index contributed by atoms with van der Waals surface area (Å²) in [5.74, 6) is -0.00777. The van der Waals surface area contributed by atoms with Crippen LogP contribution in [-0.2, 0) is 21.2 Å². The standard InChI is InChI=1S/C21H25N3O3S/c1-15-10-16(2)12-18(11-15)23-6-8-24(9-7-23)28(26,27)19-4-5-20-17(13-19)14-21(25)22(20)3/h4-5,10-13H,6-9,14H2,1-3H3. The van der Waals surface area contributed by atoms with E-state index in [-0.39, 0.29) is 17.2 Å². The zero-order valence-electron chi connectivity index (χ0n) is 16.5. The first kappa shape index (κ1) is 19.0. The summed E-state index contributed by atoms with van der Waals surface area (Å²) in [4.78, 5) is 16.0. The van der Waals surface area contributed by atoms with E-state index in [4.69, 9.17) is 0 Å². The second-order valence-corrected chi connectivity index (χ2v) is 9.60. The van der Waals surface area contributed by atoms with Crippen LogP contribution in [0.2, 0.25) is 0 Å². The van der Waals surface area contributed by atoms with Gasteiger partial charge < -0.3 is 9.80 Å². The maximum absolute atomic E-state index is 13.1. The molecule has 0 atom stereocenters. The molecule has 1 fully saturated rings. The van der Waals surface area contributed by atoms with Crippen LogP contribution in [0.1, 0.15) is 16.7 Å². The second-order valence-electron chi connectivity index (χ2n) is 7.66. The molecule has 0 radical (unpaired) electrons. The Balaban J connectivity index is 1.51. The largest absolute Gasteiger partial charge is 0.369 e. The van der Waals surface area contributed by atoms with Crippen LogP contribution in [0.15, 0.2) is 41.3 Å². The SMILES string of the molecule is Cc1cc(C)cc(N2CCN(S(=O)(=O)c3ccc4c(c3)CC(=O)N4C)CC2)c1. The molecule has 0 N–H and O–H groups in total. The van der Waals surface area contributed by atoms with E-state index >= 15 is 0 Å². The molecule has 148 valence electrons. The zero-order chi connectivity index (χ0) is 20.1. The van der Waals surface area contributed by atoms with Crippen LogP contribution in [-0.4, -0.2) is 51.9 Å². The monoisotopic (exact) mass is 399 g/mol. The third kappa shape index (κ3) is 3.29. The summed E-state index contributed by atoms with van der Waals surface area (Å²) in [6.07, 6.45) is 0.260. The van der Waals surface area contributed by atoms with E-state index in [0.717, 1.165) is 16.9 Å². The normalized spacial score (nSPS) is 17.9. The summed E-state index contributed by atoms with van der Waals surface area (Å²) in [6, 6.07) is 11.4. The molecule has 28 heavy (non-hydrogen) atoms. The van der Waals surface area contributed by atoms with Gasteiger partial charge in [0.1, 0.15) is 0 Å². The Bertz CT molecular complexity index is 1020. The Hall–Kier alpha value is -2.38. The summed E-state index contributed by atoms with van der Waals surface area (Å²) in [6.45, 7) is 6.37. The van der Waals surface area contributed by atoms with Gasteiger partial charge in [0.15, 0.2) is 0 Å². The summed E-state index contributed by atoms with van der Waals surface area (Å²) in [5.41, 5.74) is 5.14. The van der Waals surface area contributed by atoms with Crippen LogP contribution in [0.4, 0.5) is 11.4 Å². The van der Waals surface area contributed by atoms with Crippen LogP contribution < -0.4 is 9.80 Å². The third-order valence-corrected chi connectivity index (χ3v) is 7.47. The van der Waals surface area contributed by atoms with Crippen LogP contribution in [0.3, 0.4) is 0 Å². The Kier molecular flexibility index (Phi) is 4.67. The van der Waals surface area contributed by atoms with Gasteiger partial charge in [-0.15, -0.1) is 0 Å². The van der Waals surface area contributed by atoms with E-state index in [0.29, 0.717) is 26.2 Å². The lowest BCUT2D eigenvalue weighted by Gasteiger charge is -2.35. The van der Waals surface area contributed by atoms with E-state index in [1.807, 2.05) is 0 Å². The van der Waals surface area contributed by atoms with Crippen molar-refractivity contribution in [3.63, 3.8) is 0 Å². The smallest absolute Gasteiger partial charge is 0.243 e. The van der Waals surface area contributed by atoms with Gasteiger partial charge in [-0.25, -0.2) is 8.42 Å². The van der Waals surface area contributed by atoms with Gasteiger partial charge >= 0.3 is 0 Å². The number of hydrogen-bond acceptors (Lipinski definition) is 4. The van der Waals surface area contributed by atoms with Crippen molar-refractivity contribution in [2.75, 3.05) is 43.0 Å². The molecule has 1 amide bonds. The number of carbonyl (C=O) groups is 1. The number of carbonyl (C=O) groups excluding carboxylic acids is 1. The lowest BCUT2D eigenvalue weighted by Crippen LogP contribution is -2.48. The molecule has 0 aliphatic carbocycles. The fraction of sp³-hybridized carbons (Fsp3) is 0.381. The van der Waals surface area contributed by atoms with Gasteiger partial charge in [-0.1, -0.05) is 6.07 Å². The van der Waals surface area contributed by atoms with Crippen molar-refractivity contribution in [2.24, 2.45) is 0 Å². The molecule has 0 aromatic heterocycles. The van der Waals surface area contributed by atoms with Crippen LogP contribution in [0.5, 0.6) is 0 Å². The molecule has 2 aliphatic rings. The molecular formula is C21H25N3O3S. The number of fused-ring (bicyclic) bond motifs is 1. The van der Waals surface area contributed by atoms with Gasteiger partial charge in [0.2, 0.25) is 15.9 Å². The van der Waals surface area contributed by atoms with E-state index in [1.165, 1.54) is 11.1 Å². The average molecular weight is 400 g/mol. The molecule has 0 bridgehead atoms. The maximum atomic E-state index is 13.1. The van der Waals surface area contributed by atoms with E-state index in [9.17, 15) is 13.2 Å². The zero-order valence-corrected chi connectivity index (χ0v) is 17.3. The summed E-state index contributed by atoms with van der Waals surface area (Å²) >= 11 is 0. The van der Waals surface area contributed by atoms with Crippen molar-refractivity contribution in [1.82, 2.24) is 4.31 Å². The Morgan fingerprint density at radius 2 is 1.54 bits per heavy atom. The van der Waals surface area contributed by atoms with Crippen molar-refractivity contribution in [3.05, 3.63) is 53.1 Å². The number of likely N-dealkylation sites (N-methyl/N-ethyl adjacent to an activating group) is 1.